The molecule has 1 atom stereocenters. The average molecular weight is 352 g/mol. The maximum Gasteiger partial charge on any atom is 0.223 e. The minimum atomic E-state index is -3.34. The maximum absolute atomic E-state index is 12.4. The lowest BCUT2D eigenvalue weighted by atomic mass is 9.90. The summed E-state index contributed by atoms with van der Waals surface area (Å²) in [6.07, 6.45) is 2.66. The van der Waals surface area contributed by atoms with Gasteiger partial charge in [-0.1, -0.05) is 18.2 Å². The zero-order chi connectivity index (χ0) is 17.4. The first-order valence-electron chi connectivity index (χ1n) is 8.26. The van der Waals surface area contributed by atoms with Crippen LogP contribution in [0.1, 0.15) is 24.8 Å². The van der Waals surface area contributed by atoms with E-state index in [1.165, 1.54) is 19.7 Å². The van der Waals surface area contributed by atoms with Gasteiger partial charge in [0.15, 0.2) is 0 Å². The number of ether oxygens (including phenoxy) is 1. The third kappa shape index (κ3) is 3.42. The summed E-state index contributed by atoms with van der Waals surface area (Å²) in [5, 5.41) is 0. The predicted octanol–water partition coefficient (Wildman–Crippen LogP) is 1.26. The summed E-state index contributed by atoms with van der Waals surface area (Å²) in [4.78, 5) is 14.1. The van der Waals surface area contributed by atoms with Gasteiger partial charge in [-0.25, -0.2) is 12.7 Å². The molecule has 6 nitrogen and oxygen atoms in total. The van der Waals surface area contributed by atoms with E-state index in [1.54, 1.807) is 4.90 Å². The monoisotopic (exact) mass is 352 g/mol. The number of carbonyl (C=O) groups excluding carboxylic acids is 1. The van der Waals surface area contributed by atoms with Gasteiger partial charge in [0.1, 0.15) is 11.4 Å². The van der Waals surface area contributed by atoms with Crippen molar-refractivity contribution in [3.63, 3.8) is 0 Å². The van der Waals surface area contributed by atoms with E-state index in [9.17, 15) is 13.2 Å². The summed E-state index contributed by atoms with van der Waals surface area (Å²) in [6, 6.07) is 8.02. The van der Waals surface area contributed by atoms with E-state index in [4.69, 9.17) is 4.74 Å². The van der Waals surface area contributed by atoms with Crippen molar-refractivity contribution in [2.24, 2.45) is 0 Å². The molecule has 0 bridgehead atoms. The van der Waals surface area contributed by atoms with Crippen molar-refractivity contribution in [1.29, 1.82) is 0 Å². The molecule has 1 aromatic rings. The Morgan fingerprint density at radius 1 is 1.29 bits per heavy atom. The van der Waals surface area contributed by atoms with Crippen LogP contribution in [0.3, 0.4) is 0 Å². The van der Waals surface area contributed by atoms with E-state index < -0.39 is 10.0 Å². The second-order valence-corrected chi connectivity index (χ2v) is 9.11. The van der Waals surface area contributed by atoms with Crippen molar-refractivity contribution in [2.45, 2.75) is 31.3 Å². The number of amides is 1. The molecule has 3 rings (SSSR count). The number of hydrogen-bond donors (Lipinski definition) is 0. The molecular formula is C17H24N2O4S. The van der Waals surface area contributed by atoms with E-state index in [0.717, 1.165) is 29.3 Å². The van der Waals surface area contributed by atoms with E-state index >= 15 is 0 Å². The molecule has 0 N–H and O–H groups in total. The molecule has 1 saturated heterocycles. The molecular weight excluding hydrogens is 328 g/mol. The van der Waals surface area contributed by atoms with Crippen molar-refractivity contribution >= 4 is 15.9 Å². The van der Waals surface area contributed by atoms with E-state index in [1.807, 2.05) is 18.2 Å². The van der Waals surface area contributed by atoms with Crippen LogP contribution in [0.15, 0.2) is 24.3 Å². The lowest BCUT2D eigenvalue weighted by molar-refractivity contribution is -0.130. The highest BCUT2D eigenvalue weighted by Gasteiger charge is 2.44. The third-order valence-electron chi connectivity index (χ3n) is 4.95. The molecule has 0 saturated carbocycles. The Labute approximate surface area is 143 Å². The van der Waals surface area contributed by atoms with Gasteiger partial charge >= 0.3 is 0 Å². The summed E-state index contributed by atoms with van der Waals surface area (Å²) in [5.74, 6) is 0.652. The Morgan fingerprint density at radius 3 is 2.79 bits per heavy atom. The third-order valence-corrected chi connectivity index (χ3v) is 6.78. The molecule has 0 radical (unpaired) electrons. The summed E-state index contributed by atoms with van der Waals surface area (Å²) in [7, 11) is -0.373. The highest BCUT2D eigenvalue weighted by Crippen LogP contribution is 2.38. The minimum absolute atomic E-state index is 0.0210. The minimum Gasteiger partial charge on any atom is -0.485 e. The van der Waals surface area contributed by atoms with E-state index in [0.29, 0.717) is 13.1 Å². The molecule has 1 fully saturated rings. The van der Waals surface area contributed by atoms with Gasteiger partial charge in [0.2, 0.25) is 15.9 Å². The second kappa shape index (κ2) is 6.37. The van der Waals surface area contributed by atoms with Crippen LogP contribution in [-0.2, 0) is 21.2 Å². The predicted molar refractivity (Wildman–Crippen MR) is 91.4 cm³/mol. The molecule has 0 aromatic heterocycles. The van der Waals surface area contributed by atoms with Gasteiger partial charge in [-0.2, -0.15) is 0 Å². The summed E-state index contributed by atoms with van der Waals surface area (Å²) in [6.45, 7) is 1.17. The highest BCUT2D eigenvalue weighted by atomic mass is 32.2. The number of para-hydroxylation sites is 1. The van der Waals surface area contributed by atoms with Crippen molar-refractivity contribution in [3.8, 4) is 5.75 Å². The van der Waals surface area contributed by atoms with Crippen LogP contribution in [0.25, 0.3) is 0 Å². The first-order chi connectivity index (χ1) is 11.3. The molecule has 0 aliphatic carbocycles. The van der Waals surface area contributed by atoms with Gasteiger partial charge in [0.05, 0.1) is 12.3 Å². The van der Waals surface area contributed by atoms with Crippen LogP contribution >= 0.6 is 0 Å². The smallest absolute Gasteiger partial charge is 0.223 e. The Balaban J connectivity index is 1.61. The molecule has 132 valence electrons. The molecule has 1 aromatic carbocycles. The van der Waals surface area contributed by atoms with Gasteiger partial charge in [-0.15, -0.1) is 0 Å². The number of nitrogens with zero attached hydrogens (tertiary/aromatic N) is 2. The van der Waals surface area contributed by atoms with Crippen LogP contribution in [0.2, 0.25) is 0 Å². The SMILES string of the molecule is CN(C)S(=O)(=O)CCC(=O)N1CC[C@]2(CCc3ccccc3O2)C1. The number of rotatable bonds is 4. The fourth-order valence-electron chi connectivity index (χ4n) is 3.36. The van der Waals surface area contributed by atoms with Crippen LogP contribution in [0.4, 0.5) is 0 Å². The van der Waals surface area contributed by atoms with E-state index in [-0.39, 0.29) is 23.7 Å². The molecule has 2 aliphatic rings. The number of aryl methyl sites for hydroxylation is 1. The molecule has 24 heavy (non-hydrogen) atoms. The van der Waals surface area contributed by atoms with Gasteiger partial charge in [-0.05, 0) is 24.5 Å². The normalized spacial score (nSPS) is 23.4. The van der Waals surface area contributed by atoms with Gasteiger partial charge in [0.25, 0.3) is 0 Å². The van der Waals surface area contributed by atoms with Crippen LogP contribution in [0.5, 0.6) is 5.75 Å². The number of fused-ring (bicyclic) bond motifs is 1. The Hall–Kier alpha value is -1.60. The van der Waals surface area contributed by atoms with E-state index in [2.05, 4.69) is 6.07 Å². The van der Waals surface area contributed by atoms with Crippen LogP contribution < -0.4 is 4.74 Å². The standard InChI is InChI=1S/C17H24N2O4S/c1-18(2)24(21,22)12-8-16(20)19-11-10-17(13-19)9-7-14-5-3-4-6-15(14)23-17/h3-6H,7-13H2,1-2H3/t17-/m1/s1. The quantitative estimate of drug-likeness (QED) is 0.818. The number of benzene rings is 1. The van der Waals surface area contributed by atoms with Crippen molar-refractivity contribution in [3.05, 3.63) is 29.8 Å². The summed E-state index contributed by atoms with van der Waals surface area (Å²) < 4.78 is 31.0. The Morgan fingerprint density at radius 2 is 2.04 bits per heavy atom. The fourth-order valence-corrected chi connectivity index (χ4v) is 4.16. The fraction of sp³-hybridized carbons (Fsp3) is 0.588. The molecule has 1 spiro atoms. The molecule has 2 heterocycles. The summed E-state index contributed by atoms with van der Waals surface area (Å²) in [5.41, 5.74) is 0.898. The van der Waals surface area contributed by atoms with Crippen LogP contribution in [-0.4, -0.2) is 62.1 Å². The highest BCUT2D eigenvalue weighted by molar-refractivity contribution is 7.89. The van der Waals surface area contributed by atoms with Gasteiger partial charge < -0.3 is 9.64 Å². The number of hydrogen-bond acceptors (Lipinski definition) is 4. The largest absolute Gasteiger partial charge is 0.485 e. The Kier molecular flexibility index (Phi) is 4.57. The van der Waals surface area contributed by atoms with Gasteiger partial charge in [-0.3, -0.25) is 4.79 Å². The lowest BCUT2D eigenvalue weighted by Crippen LogP contribution is -2.43. The lowest BCUT2D eigenvalue weighted by Gasteiger charge is -2.35. The number of carbonyl (C=O) groups is 1. The van der Waals surface area contributed by atoms with Crippen LogP contribution in [0, 0.1) is 0 Å². The average Bonchev–Trinajstić information content (AvgIpc) is 2.96. The topological polar surface area (TPSA) is 66.9 Å². The van der Waals surface area contributed by atoms with Crippen molar-refractivity contribution < 1.29 is 17.9 Å². The summed E-state index contributed by atoms with van der Waals surface area (Å²) >= 11 is 0. The molecule has 7 heteroatoms. The number of sulfonamides is 1. The molecule has 0 unspecified atom stereocenters. The zero-order valence-corrected chi connectivity index (χ0v) is 15.0. The molecule has 1 amide bonds. The first-order valence-corrected chi connectivity index (χ1v) is 9.87. The van der Waals surface area contributed by atoms with Gasteiger partial charge in [0, 0.05) is 33.5 Å². The van der Waals surface area contributed by atoms with Crippen molar-refractivity contribution in [2.75, 3.05) is 32.9 Å². The zero-order valence-electron chi connectivity index (χ0n) is 14.2. The van der Waals surface area contributed by atoms with Crippen molar-refractivity contribution in [1.82, 2.24) is 9.21 Å². The molecule has 2 aliphatic heterocycles. The number of likely N-dealkylation sites (tertiary alicyclic amines) is 1. The first kappa shape index (κ1) is 17.2. The maximum atomic E-state index is 12.4. The second-order valence-electron chi connectivity index (χ2n) is 6.81. The Bertz CT molecular complexity index is 732.